The molecule has 1 aromatic rings. The summed E-state index contributed by atoms with van der Waals surface area (Å²) < 4.78 is 11.8. The zero-order valence-electron chi connectivity index (χ0n) is 12.7. The Labute approximate surface area is 126 Å². The molecule has 4 heteroatoms. The van der Waals surface area contributed by atoms with Crippen molar-refractivity contribution in [1.29, 1.82) is 0 Å². The van der Waals surface area contributed by atoms with Crippen molar-refractivity contribution in [3.63, 3.8) is 0 Å². The van der Waals surface area contributed by atoms with Crippen LogP contribution in [0.3, 0.4) is 0 Å². The Hall–Kier alpha value is -1.23. The van der Waals surface area contributed by atoms with Crippen LogP contribution in [0.25, 0.3) is 0 Å². The monoisotopic (exact) mass is 288 g/mol. The standard InChI is InChI=1S/C17H24N2O2/c1-3-10-20-16-8-7-15-17(16)21-11-9-19(15)12-14-6-4-5-13(2)18-14/h3-6,15-17H,1,7-12H2,2H3/t15-,16-,17-/m1/s1. The lowest BCUT2D eigenvalue weighted by molar-refractivity contribution is -0.111. The van der Waals surface area contributed by atoms with Crippen LogP contribution >= 0.6 is 0 Å². The van der Waals surface area contributed by atoms with Crippen LogP contribution in [0.15, 0.2) is 30.9 Å². The molecule has 0 spiro atoms. The molecule has 4 nitrogen and oxygen atoms in total. The van der Waals surface area contributed by atoms with Crippen molar-refractivity contribution in [1.82, 2.24) is 9.88 Å². The molecule has 1 saturated carbocycles. The Bertz CT molecular complexity index is 491. The number of aromatic nitrogens is 1. The van der Waals surface area contributed by atoms with E-state index >= 15 is 0 Å². The first-order valence-electron chi connectivity index (χ1n) is 7.78. The summed E-state index contributed by atoms with van der Waals surface area (Å²) in [6.45, 7) is 9.03. The highest BCUT2D eigenvalue weighted by Gasteiger charge is 2.43. The quantitative estimate of drug-likeness (QED) is 0.779. The van der Waals surface area contributed by atoms with Crippen LogP contribution in [0.2, 0.25) is 0 Å². The van der Waals surface area contributed by atoms with Crippen molar-refractivity contribution in [3.8, 4) is 0 Å². The summed E-state index contributed by atoms with van der Waals surface area (Å²) in [7, 11) is 0. The summed E-state index contributed by atoms with van der Waals surface area (Å²) in [5.41, 5.74) is 2.22. The maximum absolute atomic E-state index is 5.98. The lowest BCUT2D eigenvalue weighted by Gasteiger charge is -2.38. The molecule has 1 aromatic heterocycles. The van der Waals surface area contributed by atoms with E-state index in [1.807, 2.05) is 19.1 Å². The first-order valence-corrected chi connectivity index (χ1v) is 7.78. The number of pyridine rings is 1. The predicted octanol–water partition coefficient (Wildman–Crippen LogP) is 2.32. The molecule has 2 heterocycles. The average molecular weight is 288 g/mol. The summed E-state index contributed by atoms with van der Waals surface area (Å²) in [6, 6.07) is 6.69. The molecule has 0 unspecified atom stereocenters. The Morgan fingerprint density at radius 1 is 1.48 bits per heavy atom. The third-order valence-corrected chi connectivity index (χ3v) is 4.39. The van der Waals surface area contributed by atoms with Gasteiger partial charge in [-0.1, -0.05) is 12.1 Å². The van der Waals surface area contributed by atoms with Gasteiger partial charge in [0.15, 0.2) is 0 Å². The van der Waals surface area contributed by atoms with E-state index in [0.29, 0.717) is 12.6 Å². The molecular weight excluding hydrogens is 264 g/mol. The number of hydrogen-bond acceptors (Lipinski definition) is 4. The SMILES string of the molecule is C=CCO[C@@H]1CC[C@@H]2[C@H]1OCCN2Cc1cccc(C)n1. The fraction of sp³-hybridized carbons (Fsp3) is 0.588. The molecule has 1 saturated heterocycles. The minimum atomic E-state index is 0.198. The van der Waals surface area contributed by atoms with Gasteiger partial charge in [-0.15, -0.1) is 6.58 Å². The van der Waals surface area contributed by atoms with Crippen LogP contribution in [0.1, 0.15) is 24.2 Å². The van der Waals surface area contributed by atoms with E-state index in [4.69, 9.17) is 9.47 Å². The van der Waals surface area contributed by atoms with Gasteiger partial charge in [0.25, 0.3) is 0 Å². The van der Waals surface area contributed by atoms with Crippen LogP contribution in [0.4, 0.5) is 0 Å². The average Bonchev–Trinajstić information content (AvgIpc) is 2.89. The number of nitrogens with zero attached hydrogens (tertiary/aromatic N) is 2. The normalized spacial score (nSPS) is 29.3. The van der Waals surface area contributed by atoms with E-state index < -0.39 is 0 Å². The van der Waals surface area contributed by atoms with Crippen molar-refractivity contribution in [2.75, 3.05) is 19.8 Å². The molecule has 0 N–H and O–H groups in total. The third kappa shape index (κ3) is 3.34. The van der Waals surface area contributed by atoms with Gasteiger partial charge in [0, 0.05) is 24.8 Å². The van der Waals surface area contributed by atoms with Crippen molar-refractivity contribution in [2.45, 2.75) is 44.6 Å². The Balaban J connectivity index is 1.65. The van der Waals surface area contributed by atoms with Crippen LogP contribution in [0, 0.1) is 6.92 Å². The minimum Gasteiger partial charge on any atom is -0.373 e. The van der Waals surface area contributed by atoms with Gasteiger partial charge < -0.3 is 9.47 Å². The highest BCUT2D eigenvalue weighted by atomic mass is 16.5. The van der Waals surface area contributed by atoms with E-state index in [-0.39, 0.29) is 12.2 Å². The van der Waals surface area contributed by atoms with Crippen molar-refractivity contribution < 1.29 is 9.47 Å². The fourth-order valence-corrected chi connectivity index (χ4v) is 3.45. The molecule has 3 atom stereocenters. The number of rotatable bonds is 5. The molecule has 1 aliphatic heterocycles. The minimum absolute atomic E-state index is 0.198. The van der Waals surface area contributed by atoms with Gasteiger partial charge in [-0.3, -0.25) is 9.88 Å². The van der Waals surface area contributed by atoms with E-state index in [9.17, 15) is 0 Å². The van der Waals surface area contributed by atoms with E-state index in [1.54, 1.807) is 0 Å². The van der Waals surface area contributed by atoms with E-state index in [0.717, 1.165) is 43.9 Å². The van der Waals surface area contributed by atoms with Gasteiger partial charge >= 0.3 is 0 Å². The van der Waals surface area contributed by atoms with Crippen LogP contribution in [-0.2, 0) is 16.0 Å². The summed E-state index contributed by atoms with van der Waals surface area (Å²) in [6.07, 6.45) is 4.42. The molecule has 3 rings (SSSR count). The van der Waals surface area contributed by atoms with Gasteiger partial charge in [0.05, 0.1) is 31.1 Å². The lowest BCUT2D eigenvalue weighted by Crippen LogP contribution is -2.51. The van der Waals surface area contributed by atoms with E-state index in [2.05, 4.69) is 28.6 Å². The van der Waals surface area contributed by atoms with E-state index in [1.165, 1.54) is 0 Å². The number of aryl methyl sites for hydroxylation is 1. The molecule has 2 aliphatic rings. The number of ether oxygens (including phenoxy) is 2. The highest BCUT2D eigenvalue weighted by molar-refractivity contribution is 5.10. The maximum Gasteiger partial charge on any atom is 0.0992 e. The Morgan fingerprint density at radius 3 is 3.19 bits per heavy atom. The molecule has 0 aromatic carbocycles. The third-order valence-electron chi connectivity index (χ3n) is 4.39. The largest absolute Gasteiger partial charge is 0.373 e. The molecule has 114 valence electrons. The zero-order chi connectivity index (χ0) is 14.7. The molecule has 21 heavy (non-hydrogen) atoms. The second-order valence-electron chi connectivity index (χ2n) is 5.88. The summed E-state index contributed by atoms with van der Waals surface area (Å²) in [5.74, 6) is 0. The second-order valence-corrected chi connectivity index (χ2v) is 5.88. The molecule has 0 bridgehead atoms. The highest BCUT2D eigenvalue weighted by Crippen LogP contribution is 2.32. The van der Waals surface area contributed by atoms with Gasteiger partial charge in [0.1, 0.15) is 0 Å². The number of hydrogen-bond donors (Lipinski definition) is 0. The van der Waals surface area contributed by atoms with Gasteiger partial charge in [-0.25, -0.2) is 0 Å². The topological polar surface area (TPSA) is 34.6 Å². The fourth-order valence-electron chi connectivity index (χ4n) is 3.45. The molecule has 2 fully saturated rings. The summed E-state index contributed by atoms with van der Waals surface area (Å²) in [4.78, 5) is 7.13. The van der Waals surface area contributed by atoms with Crippen molar-refractivity contribution in [3.05, 3.63) is 42.2 Å². The Kier molecular flexibility index (Phi) is 4.68. The molecular formula is C17H24N2O2. The number of morpholine rings is 1. The molecule has 1 aliphatic carbocycles. The Morgan fingerprint density at radius 2 is 2.38 bits per heavy atom. The second kappa shape index (κ2) is 6.69. The van der Waals surface area contributed by atoms with Gasteiger partial charge in [-0.05, 0) is 31.9 Å². The maximum atomic E-state index is 5.98. The molecule has 0 amide bonds. The molecule has 0 radical (unpaired) electrons. The van der Waals surface area contributed by atoms with Gasteiger partial charge in [0.2, 0.25) is 0 Å². The first kappa shape index (κ1) is 14.7. The lowest BCUT2D eigenvalue weighted by atomic mass is 10.1. The van der Waals surface area contributed by atoms with Crippen LogP contribution in [-0.4, -0.2) is 47.9 Å². The van der Waals surface area contributed by atoms with Crippen molar-refractivity contribution in [2.24, 2.45) is 0 Å². The summed E-state index contributed by atoms with van der Waals surface area (Å²) in [5, 5.41) is 0. The van der Waals surface area contributed by atoms with Gasteiger partial charge in [-0.2, -0.15) is 0 Å². The smallest absolute Gasteiger partial charge is 0.0992 e. The zero-order valence-corrected chi connectivity index (χ0v) is 12.7. The van der Waals surface area contributed by atoms with Crippen LogP contribution in [0.5, 0.6) is 0 Å². The first-order chi connectivity index (χ1) is 10.3. The predicted molar refractivity (Wildman–Crippen MR) is 82.1 cm³/mol. The van der Waals surface area contributed by atoms with Crippen LogP contribution < -0.4 is 0 Å². The van der Waals surface area contributed by atoms with Crippen molar-refractivity contribution >= 4 is 0 Å². The number of fused-ring (bicyclic) bond motifs is 1. The summed E-state index contributed by atoms with van der Waals surface area (Å²) >= 11 is 0.